The van der Waals surface area contributed by atoms with E-state index < -0.39 is 0 Å². The van der Waals surface area contributed by atoms with Crippen molar-refractivity contribution in [2.45, 2.75) is 58.7 Å². The van der Waals surface area contributed by atoms with E-state index >= 15 is 0 Å². The van der Waals surface area contributed by atoms with E-state index in [1.54, 1.807) is 18.4 Å². The van der Waals surface area contributed by atoms with Gasteiger partial charge in [0, 0.05) is 30.2 Å². The minimum absolute atomic E-state index is 0. The Labute approximate surface area is 183 Å². The van der Waals surface area contributed by atoms with Gasteiger partial charge in [-0.3, -0.25) is 4.99 Å². The first-order valence-electron chi connectivity index (χ1n) is 9.26. The minimum Gasteiger partial charge on any atom is -0.490 e. The minimum atomic E-state index is 0. The Hall–Kier alpha value is -1.35. The zero-order valence-corrected chi connectivity index (χ0v) is 19.4. The fourth-order valence-electron chi connectivity index (χ4n) is 3.15. The summed E-state index contributed by atoms with van der Waals surface area (Å²) in [6.07, 6.45) is 7.14. The molecule has 7 heteroatoms. The number of guanidine groups is 1. The molecule has 0 amide bonds. The van der Waals surface area contributed by atoms with E-state index in [9.17, 15) is 0 Å². The van der Waals surface area contributed by atoms with Gasteiger partial charge in [0.25, 0.3) is 0 Å². The summed E-state index contributed by atoms with van der Waals surface area (Å²) in [5.41, 5.74) is 2.39. The predicted molar refractivity (Wildman–Crippen MR) is 123 cm³/mol. The number of hydrogen-bond donors (Lipinski definition) is 2. The van der Waals surface area contributed by atoms with E-state index in [0.29, 0.717) is 19.2 Å². The molecule has 2 N–H and O–H groups in total. The molecule has 0 radical (unpaired) electrons. The smallest absolute Gasteiger partial charge is 0.191 e. The van der Waals surface area contributed by atoms with Gasteiger partial charge >= 0.3 is 0 Å². The fraction of sp³-hybridized carbons (Fsp3) is 0.500. The molecule has 0 spiro atoms. The van der Waals surface area contributed by atoms with Crippen LogP contribution in [0.1, 0.15) is 46.7 Å². The van der Waals surface area contributed by atoms with Crippen molar-refractivity contribution in [3.8, 4) is 5.75 Å². The predicted octanol–water partition coefficient (Wildman–Crippen LogP) is 4.56. The van der Waals surface area contributed by atoms with Gasteiger partial charge in [0.1, 0.15) is 10.8 Å². The summed E-state index contributed by atoms with van der Waals surface area (Å²) in [6.45, 7) is 5.53. The average Bonchev–Trinajstić information content (AvgIpc) is 3.28. The lowest BCUT2D eigenvalue weighted by Gasteiger charge is -2.18. The SMILES string of the molecule is CN=C(NCc1ncc(C)s1)NCc1ccc(C)cc1OC1CCCC1.I. The topological polar surface area (TPSA) is 58.5 Å². The maximum absolute atomic E-state index is 6.28. The van der Waals surface area contributed by atoms with Gasteiger partial charge in [0.05, 0.1) is 12.6 Å². The zero-order chi connectivity index (χ0) is 18.4. The highest BCUT2D eigenvalue weighted by molar-refractivity contribution is 14.0. The van der Waals surface area contributed by atoms with Crippen LogP contribution in [0.25, 0.3) is 0 Å². The van der Waals surface area contributed by atoms with Gasteiger partial charge in [-0.05, 0) is 51.2 Å². The van der Waals surface area contributed by atoms with Crippen LogP contribution in [0.4, 0.5) is 0 Å². The molecule has 1 heterocycles. The van der Waals surface area contributed by atoms with Crippen molar-refractivity contribution in [1.82, 2.24) is 15.6 Å². The van der Waals surface area contributed by atoms with Crippen LogP contribution in [0.15, 0.2) is 29.4 Å². The Kier molecular flexibility index (Phi) is 8.82. The Morgan fingerprint density at radius 2 is 1.96 bits per heavy atom. The Balaban J connectivity index is 0.00000261. The molecule has 1 aliphatic rings. The van der Waals surface area contributed by atoms with Gasteiger partial charge in [-0.2, -0.15) is 0 Å². The van der Waals surface area contributed by atoms with Crippen LogP contribution >= 0.6 is 35.3 Å². The molecule has 27 heavy (non-hydrogen) atoms. The normalized spacial score (nSPS) is 14.7. The highest BCUT2D eigenvalue weighted by Crippen LogP contribution is 2.27. The fourth-order valence-corrected chi connectivity index (χ4v) is 3.87. The standard InChI is InChI=1S/C20H28N4OS.HI/c1-14-8-9-16(18(10-14)25-17-6-4-5-7-17)12-23-20(21-3)24-13-19-22-11-15(2)26-19;/h8-11,17H,4-7,12-13H2,1-3H3,(H2,21,23,24);1H. The maximum Gasteiger partial charge on any atom is 0.191 e. The molecule has 0 saturated heterocycles. The molecule has 1 saturated carbocycles. The molecule has 148 valence electrons. The van der Waals surface area contributed by atoms with Crippen molar-refractivity contribution < 1.29 is 4.74 Å². The van der Waals surface area contributed by atoms with Gasteiger partial charge in [-0.1, -0.05) is 12.1 Å². The number of rotatable bonds is 6. The van der Waals surface area contributed by atoms with Crippen molar-refractivity contribution in [3.05, 3.63) is 45.4 Å². The first-order valence-corrected chi connectivity index (χ1v) is 10.1. The number of aryl methyl sites for hydroxylation is 2. The van der Waals surface area contributed by atoms with Gasteiger partial charge in [0.2, 0.25) is 0 Å². The van der Waals surface area contributed by atoms with E-state index in [-0.39, 0.29) is 24.0 Å². The molecule has 0 bridgehead atoms. The van der Waals surface area contributed by atoms with E-state index in [1.807, 2.05) is 6.20 Å². The molecule has 0 aliphatic heterocycles. The van der Waals surface area contributed by atoms with Crippen molar-refractivity contribution >= 4 is 41.3 Å². The zero-order valence-electron chi connectivity index (χ0n) is 16.2. The van der Waals surface area contributed by atoms with Gasteiger partial charge in [0.15, 0.2) is 5.96 Å². The summed E-state index contributed by atoms with van der Waals surface area (Å²) in [6, 6.07) is 6.42. The number of halogens is 1. The highest BCUT2D eigenvalue weighted by Gasteiger charge is 2.18. The van der Waals surface area contributed by atoms with E-state index in [0.717, 1.165) is 35.1 Å². The number of thiazole rings is 1. The largest absolute Gasteiger partial charge is 0.490 e. The second-order valence-electron chi connectivity index (χ2n) is 6.78. The molecule has 1 aromatic carbocycles. The van der Waals surface area contributed by atoms with E-state index in [2.05, 4.69) is 52.7 Å². The second-order valence-corrected chi connectivity index (χ2v) is 8.10. The van der Waals surface area contributed by atoms with Crippen LogP contribution in [0.5, 0.6) is 5.75 Å². The molecule has 2 aromatic rings. The number of nitrogens with one attached hydrogen (secondary N) is 2. The van der Waals surface area contributed by atoms with Crippen molar-refractivity contribution in [2.24, 2.45) is 4.99 Å². The third-order valence-electron chi connectivity index (χ3n) is 4.56. The number of nitrogens with zero attached hydrogens (tertiary/aromatic N) is 2. The van der Waals surface area contributed by atoms with Crippen LogP contribution in [-0.4, -0.2) is 24.1 Å². The number of aliphatic imine (C=N–C) groups is 1. The third-order valence-corrected chi connectivity index (χ3v) is 5.48. The van der Waals surface area contributed by atoms with E-state index in [4.69, 9.17) is 4.74 Å². The number of ether oxygens (including phenoxy) is 1. The monoisotopic (exact) mass is 500 g/mol. The Bertz CT molecular complexity index is 756. The lowest BCUT2D eigenvalue weighted by molar-refractivity contribution is 0.207. The van der Waals surface area contributed by atoms with Crippen LogP contribution in [0, 0.1) is 13.8 Å². The van der Waals surface area contributed by atoms with Crippen molar-refractivity contribution in [3.63, 3.8) is 0 Å². The number of hydrogen-bond acceptors (Lipinski definition) is 4. The van der Waals surface area contributed by atoms with Gasteiger partial charge in [-0.15, -0.1) is 35.3 Å². The summed E-state index contributed by atoms with van der Waals surface area (Å²) < 4.78 is 6.28. The van der Waals surface area contributed by atoms with Gasteiger partial charge < -0.3 is 15.4 Å². The lowest BCUT2D eigenvalue weighted by atomic mass is 10.1. The number of aromatic nitrogens is 1. The van der Waals surface area contributed by atoms with E-state index in [1.165, 1.54) is 23.3 Å². The van der Waals surface area contributed by atoms with Crippen molar-refractivity contribution in [1.29, 1.82) is 0 Å². The molecular formula is C20H29IN4OS. The third kappa shape index (κ3) is 6.64. The Morgan fingerprint density at radius 1 is 1.22 bits per heavy atom. The molecule has 3 rings (SSSR count). The molecule has 0 atom stereocenters. The molecule has 5 nitrogen and oxygen atoms in total. The van der Waals surface area contributed by atoms with Crippen molar-refractivity contribution in [2.75, 3.05) is 7.05 Å². The number of benzene rings is 1. The van der Waals surface area contributed by atoms with Crippen LogP contribution in [0.3, 0.4) is 0 Å². The summed E-state index contributed by atoms with van der Waals surface area (Å²) in [7, 11) is 1.79. The molecular weight excluding hydrogens is 471 g/mol. The Morgan fingerprint density at radius 3 is 2.63 bits per heavy atom. The highest BCUT2D eigenvalue weighted by atomic mass is 127. The first-order chi connectivity index (χ1) is 12.6. The van der Waals surface area contributed by atoms with Gasteiger partial charge in [-0.25, -0.2) is 4.98 Å². The van der Waals surface area contributed by atoms with Crippen LogP contribution < -0.4 is 15.4 Å². The molecule has 1 fully saturated rings. The molecule has 1 aromatic heterocycles. The maximum atomic E-state index is 6.28. The second kappa shape index (κ2) is 10.8. The van der Waals surface area contributed by atoms with Crippen LogP contribution in [0.2, 0.25) is 0 Å². The summed E-state index contributed by atoms with van der Waals surface area (Å²) in [5, 5.41) is 7.76. The quantitative estimate of drug-likeness (QED) is 0.347. The first kappa shape index (κ1) is 21.9. The lowest BCUT2D eigenvalue weighted by Crippen LogP contribution is -2.36. The van der Waals surface area contributed by atoms with Crippen LogP contribution in [-0.2, 0) is 13.1 Å². The summed E-state index contributed by atoms with van der Waals surface area (Å²) in [4.78, 5) is 9.90. The summed E-state index contributed by atoms with van der Waals surface area (Å²) >= 11 is 1.70. The average molecular weight is 500 g/mol. The summed E-state index contributed by atoms with van der Waals surface area (Å²) in [5.74, 6) is 1.76. The molecule has 0 unspecified atom stereocenters. The molecule has 1 aliphatic carbocycles.